The zero-order valence-electron chi connectivity index (χ0n) is 19.6. The van der Waals surface area contributed by atoms with E-state index in [0.29, 0.717) is 13.1 Å². The third-order valence-corrected chi connectivity index (χ3v) is 5.50. The lowest BCUT2D eigenvalue weighted by molar-refractivity contribution is -0.146. The summed E-state index contributed by atoms with van der Waals surface area (Å²) in [6.45, 7) is 5.30. The molecule has 178 valence electrons. The molecule has 0 saturated carbocycles. The molecule has 0 aliphatic carbocycles. The number of carbonyl (C=O) groups excluding carboxylic acids is 2. The van der Waals surface area contributed by atoms with Gasteiger partial charge in [0.25, 0.3) is 11.8 Å². The van der Waals surface area contributed by atoms with Crippen LogP contribution in [0.25, 0.3) is 0 Å². The number of amides is 2. The largest absolute Gasteiger partial charge is 0.380 e. The number of hydrogen-bond donors (Lipinski definition) is 4. The summed E-state index contributed by atoms with van der Waals surface area (Å²) in [6.07, 6.45) is 15.3. The summed E-state index contributed by atoms with van der Waals surface area (Å²) in [5, 5.41) is 25.0. The van der Waals surface area contributed by atoms with Gasteiger partial charge < -0.3 is 20.8 Å². The number of aliphatic hydroxyl groups is 2. The van der Waals surface area contributed by atoms with Crippen molar-refractivity contribution >= 4 is 11.8 Å². The number of hydrogen-bond acceptors (Lipinski definition) is 4. The molecule has 0 unspecified atom stereocenters. The number of rotatable bonds is 21. The average Bonchev–Trinajstić information content (AvgIpc) is 2.75. The summed E-state index contributed by atoms with van der Waals surface area (Å²) in [6, 6.07) is 0. The topological polar surface area (TPSA) is 98.7 Å². The van der Waals surface area contributed by atoms with E-state index in [2.05, 4.69) is 24.5 Å². The normalized spacial score (nSPS) is 13.1. The fourth-order valence-electron chi connectivity index (χ4n) is 3.44. The molecule has 30 heavy (non-hydrogen) atoms. The van der Waals surface area contributed by atoms with Crippen LogP contribution in [0.4, 0.5) is 0 Å². The molecule has 0 heterocycles. The summed E-state index contributed by atoms with van der Waals surface area (Å²) in [4.78, 5) is 23.8. The van der Waals surface area contributed by atoms with Crippen molar-refractivity contribution in [2.24, 2.45) is 0 Å². The van der Waals surface area contributed by atoms with Crippen LogP contribution in [0.5, 0.6) is 0 Å². The molecule has 6 heteroatoms. The van der Waals surface area contributed by atoms with E-state index in [1.165, 1.54) is 64.2 Å². The second kappa shape index (κ2) is 21.1. The summed E-state index contributed by atoms with van der Waals surface area (Å²) >= 11 is 0. The lowest BCUT2D eigenvalue weighted by Crippen LogP contribution is -2.49. The van der Waals surface area contributed by atoms with E-state index in [0.717, 1.165) is 38.5 Å². The van der Waals surface area contributed by atoms with Crippen molar-refractivity contribution < 1.29 is 19.8 Å². The van der Waals surface area contributed by atoms with Crippen molar-refractivity contribution in [3.8, 4) is 0 Å². The molecule has 0 aliphatic rings. The molecule has 4 N–H and O–H groups in total. The van der Waals surface area contributed by atoms with Crippen LogP contribution in [0.2, 0.25) is 0 Å². The minimum absolute atomic E-state index is 0.453. The molecule has 0 aromatic rings. The van der Waals surface area contributed by atoms with Gasteiger partial charge in [-0.15, -0.1) is 0 Å². The SMILES string of the molecule is CCCCCCCCCCCCNC(=O)[C@H](O)[C@@H](O)C(=O)NCCCCCCCC. The molecule has 6 nitrogen and oxygen atoms in total. The highest BCUT2D eigenvalue weighted by molar-refractivity contribution is 5.90. The Hall–Kier alpha value is -1.14. The van der Waals surface area contributed by atoms with Crippen molar-refractivity contribution in [2.75, 3.05) is 13.1 Å². The van der Waals surface area contributed by atoms with Gasteiger partial charge in [-0.3, -0.25) is 9.59 Å². The van der Waals surface area contributed by atoms with Gasteiger partial charge in [0.2, 0.25) is 0 Å². The van der Waals surface area contributed by atoms with Gasteiger partial charge in [-0.25, -0.2) is 0 Å². The molecular weight excluding hydrogens is 380 g/mol. The van der Waals surface area contributed by atoms with Crippen LogP contribution in [-0.2, 0) is 9.59 Å². The van der Waals surface area contributed by atoms with Gasteiger partial charge in [0.15, 0.2) is 12.2 Å². The average molecular weight is 429 g/mol. The van der Waals surface area contributed by atoms with Gasteiger partial charge in [0, 0.05) is 13.1 Å². The summed E-state index contributed by atoms with van der Waals surface area (Å²) < 4.78 is 0. The summed E-state index contributed by atoms with van der Waals surface area (Å²) in [5.74, 6) is -1.38. The Morgan fingerprint density at radius 3 is 1.10 bits per heavy atom. The Morgan fingerprint density at radius 2 is 0.800 bits per heavy atom. The molecule has 0 radical (unpaired) electrons. The van der Waals surface area contributed by atoms with Crippen LogP contribution in [-0.4, -0.2) is 47.3 Å². The van der Waals surface area contributed by atoms with Gasteiger partial charge in [-0.2, -0.15) is 0 Å². The molecule has 0 saturated heterocycles. The van der Waals surface area contributed by atoms with E-state index < -0.39 is 24.0 Å². The first kappa shape index (κ1) is 28.9. The first-order valence-corrected chi connectivity index (χ1v) is 12.5. The molecule has 0 bridgehead atoms. The molecule has 0 aliphatic heterocycles. The van der Waals surface area contributed by atoms with E-state index in [9.17, 15) is 19.8 Å². The minimum atomic E-state index is -1.72. The van der Waals surface area contributed by atoms with E-state index in [1.54, 1.807) is 0 Å². The molecule has 0 rings (SSSR count). The Morgan fingerprint density at radius 1 is 0.533 bits per heavy atom. The minimum Gasteiger partial charge on any atom is -0.380 e. The van der Waals surface area contributed by atoms with Crippen molar-refractivity contribution in [1.82, 2.24) is 10.6 Å². The number of aliphatic hydroxyl groups excluding tert-OH is 2. The summed E-state index contributed by atoms with van der Waals surface area (Å²) in [5.41, 5.74) is 0. The van der Waals surface area contributed by atoms with Gasteiger partial charge >= 0.3 is 0 Å². The first-order chi connectivity index (χ1) is 14.5. The fraction of sp³-hybridized carbons (Fsp3) is 0.917. The molecule has 2 atom stereocenters. The Bertz CT molecular complexity index is 418. The molecule has 0 aromatic heterocycles. The van der Waals surface area contributed by atoms with Crippen molar-refractivity contribution in [2.45, 2.75) is 129 Å². The van der Waals surface area contributed by atoms with Crippen molar-refractivity contribution in [1.29, 1.82) is 0 Å². The Balaban J connectivity index is 3.67. The highest BCUT2D eigenvalue weighted by Gasteiger charge is 2.29. The molecule has 0 fully saturated rings. The smallest absolute Gasteiger partial charge is 0.252 e. The maximum Gasteiger partial charge on any atom is 0.252 e. The van der Waals surface area contributed by atoms with E-state index in [-0.39, 0.29) is 0 Å². The van der Waals surface area contributed by atoms with Crippen LogP contribution in [0, 0.1) is 0 Å². The predicted molar refractivity (Wildman–Crippen MR) is 123 cm³/mol. The highest BCUT2D eigenvalue weighted by atomic mass is 16.3. The fourth-order valence-corrected chi connectivity index (χ4v) is 3.44. The molecule has 0 spiro atoms. The zero-order valence-corrected chi connectivity index (χ0v) is 19.6. The third-order valence-electron chi connectivity index (χ3n) is 5.50. The van der Waals surface area contributed by atoms with Gasteiger partial charge in [0.1, 0.15) is 0 Å². The quantitative estimate of drug-likeness (QED) is 0.206. The number of unbranched alkanes of at least 4 members (excludes halogenated alkanes) is 14. The van der Waals surface area contributed by atoms with Gasteiger partial charge in [-0.1, -0.05) is 104 Å². The van der Waals surface area contributed by atoms with Crippen molar-refractivity contribution in [3.63, 3.8) is 0 Å². The third kappa shape index (κ3) is 16.6. The maximum atomic E-state index is 11.9. The number of nitrogens with one attached hydrogen (secondary N) is 2. The number of carbonyl (C=O) groups is 2. The standard InChI is InChI=1S/C24H48N2O4/c1-3-5-7-9-11-12-13-14-16-18-20-26-24(30)22(28)21(27)23(29)25-19-17-15-10-8-6-4-2/h21-22,27-28H,3-20H2,1-2H3,(H,25,29)(H,26,30)/t21-,22-/m1/s1. The second-order valence-corrected chi connectivity index (χ2v) is 8.42. The molecule has 0 aromatic carbocycles. The zero-order chi connectivity index (χ0) is 22.5. The highest BCUT2D eigenvalue weighted by Crippen LogP contribution is 2.10. The van der Waals surface area contributed by atoms with E-state index in [4.69, 9.17) is 0 Å². The van der Waals surface area contributed by atoms with Crippen LogP contribution in [0.15, 0.2) is 0 Å². The summed E-state index contributed by atoms with van der Waals surface area (Å²) in [7, 11) is 0. The second-order valence-electron chi connectivity index (χ2n) is 8.42. The van der Waals surface area contributed by atoms with E-state index in [1.807, 2.05) is 0 Å². The van der Waals surface area contributed by atoms with Crippen molar-refractivity contribution in [3.05, 3.63) is 0 Å². The van der Waals surface area contributed by atoms with Crippen LogP contribution >= 0.6 is 0 Å². The monoisotopic (exact) mass is 428 g/mol. The van der Waals surface area contributed by atoms with Crippen LogP contribution < -0.4 is 10.6 Å². The lowest BCUT2D eigenvalue weighted by Gasteiger charge is -2.17. The van der Waals surface area contributed by atoms with Crippen LogP contribution in [0.3, 0.4) is 0 Å². The maximum absolute atomic E-state index is 11.9. The van der Waals surface area contributed by atoms with Gasteiger partial charge in [-0.05, 0) is 12.8 Å². The van der Waals surface area contributed by atoms with Gasteiger partial charge in [0.05, 0.1) is 0 Å². The molecule has 2 amide bonds. The lowest BCUT2D eigenvalue weighted by atomic mass is 10.1. The molecular formula is C24H48N2O4. The Labute approximate surface area is 184 Å². The van der Waals surface area contributed by atoms with E-state index >= 15 is 0 Å². The Kier molecular flexibility index (Phi) is 20.3. The predicted octanol–water partition coefficient (Wildman–Crippen LogP) is 4.22. The van der Waals surface area contributed by atoms with Crippen LogP contribution in [0.1, 0.15) is 117 Å². The first-order valence-electron chi connectivity index (χ1n) is 12.5.